The van der Waals surface area contributed by atoms with Crippen LogP contribution in [-0.4, -0.2) is 48.2 Å². The minimum atomic E-state index is -0.398. The molecular formula is C19H23N3O4. The highest BCUT2D eigenvalue weighted by molar-refractivity contribution is 5.83. The molecule has 0 radical (unpaired) electrons. The minimum Gasteiger partial charge on any atom is -0.465 e. The van der Waals surface area contributed by atoms with E-state index in [2.05, 4.69) is 9.97 Å². The van der Waals surface area contributed by atoms with Crippen molar-refractivity contribution in [2.75, 3.05) is 31.2 Å². The largest absolute Gasteiger partial charge is 0.465 e. The predicted octanol–water partition coefficient (Wildman–Crippen LogP) is 2.38. The summed E-state index contributed by atoms with van der Waals surface area (Å²) >= 11 is 0. The first kappa shape index (κ1) is 19.4. The van der Waals surface area contributed by atoms with Crippen LogP contribution in [0, 0.1) is 6.92 Å². The van der Waals surface area contributed by atoms with Crippen LogP contribution in [0.15, 0.2) is 36.9 Å². The minimum absolute atomic E-state index is 0.0394. The van der Waals surface area contributed by atoms with E-state index in [1.54, 1.807) is 31.1 Å². The Morgan fingerprint density at radius 1 is 0.962 bits per heavy atom. The van der Waals surface area contributed by atoms with Crippen molar-refractivity contribution in [3.63, 3.8) is 0 Å². The molecule has 2 aromatic rings. The first-order valence-electron chi connectivity index (χ1n) is 8.47. The van der Waals surface area contributed by atoms with Crippen molar-refractivity contribution in [3.8, 4) is 11.1 Å². The van der Waals surface area contributed by atoms with Gasteiger partial charge in [0.15, 0.2) is 0 Å². The number of esters is 2. The summed E-state index contributed by atoms with van der Waals surface area (Å²) in [5.74, 6) is -0.797. The van der Waals surface area contributed by atoms with Gasteiger partial charge in [-0.2, -0.15) is 0 Å². The summed E-state index contributed by atoms with van der Waals surface area (Å²) in [5, 5.41) is 0. The average Bonchev–Trinajstić information content (AvgIpc) is 2.63. The van der Waals surface area contributed by atoms with E-state index in [-0.39, 0.29) is 26.3 Å². The molecule has 0 aliphatic heterocycles. The van der Waals surface area contributed by atoms with Crippen molar-refractivity contribution < 1.29 is 19.1 Å². The molecule has 1 heterocycles. The lowest BCUT2D eigenvalue weighted by Gasteiger charge is -2.25. The molecule has 0 saturated carbocycles. The zero-order chi connectivity index (χ0) is 18.9. The Morgan fingerprint density at radius 2 is 1.54 bits per heavy atom. The molecule has 2 rings (SSSR count). The topological polar surface area (TPSA) is 81.6 Å². The maximum Gasteiger partial charge on any atom is 0.325 e. The van der Waals surface area contributed by atoms with E-state index in [0.29, 0.717) is 0 Å². The fraction of sp³-hybridized carbons (Fsp3) is 0.368. The smallest absolute Gasteiger partial charge is 0.325 e. The Bertz CT molecular complexity index is 730. The lowest BCUT2D eigenvalue weighted by atomic mass is 10.0. The highest BCUT2D eigenvalue weighted by Gasteiger charge is 2.19. The molecule has 7 heteroatoms. The Morgan fingerprint density at radius 3 is 2.08 bits per heavy atom. The van der Waals surface area contributed by atoms with Gasteiger partial charge in [-0.1, -0.05) is 12.1 Å². The van der Waals surface area contributed by atoms with Gasteiger partial charge in [0, 0.05) is 23.6 Å². The number of hydrogen-bond donors (Lipinski definition) is 0. The lowest BCUT2D eigenvalue weighted by Crippen LogP contribution is -2.36. The number of aryl methyl sites for hydroxylation is 1. The number of aromatic nitrogens is 2. The number of hydrogen-bond acceptors (Lipinski definition) is 7. The third kappa shape index (κ3) is 5.27. The highest BCUT2D eigenvalue weighted by atomic mass is 16.5. The molecular weight excluding hydrogens is 334 g/mol. The highest BCUT2D eigenvalue weighted by Crippen LogP contribution is 2.27. The monoisotopic (exact) mass is 357 g/mol. The molecule has 7 nitrogen and oxygen atoms in total. The van der Waals surface area contributed by atoms with Crippen molar-refractivity contribution in [2.24, 2.45) is 0 Å². The van der Waals surface area contributed by atoms with Crippen LogP contribution in [-0.2, 0) is 19.1 Å². The molecule has 0 amide bonds. The van der Waals surface area contributed by atoms with Crippen LogP contribution in [0.25, 0.3) is 11.1 Å². The predicted molar refractivity (Wildman–Crippen MR) is 97.7 cm³/mol. The Kier molecular flexibility index (Phi) is 7.08. The van der Waals surface area contributed by atoms with Crippen LogP contribution < -0.4 is 4.90 Å². The third-order valence-electron chi connectivity index (χ3n) is 3.69. The molecule has 0 aliphatic rings. The van der Waals surface area contributed by atoms with E-state index in [0.717, 1.165) is 22.4 Å². The Hall–Kier alpha value is -2.96. The van der Waals surface area contributed by atoms with E-state index >= 15 is 0 Å². The van der Waals surface area contributed by atoms with Gasteiger partial charge in [-0.3, -0.25) is 9.59 Å². The molecule has 0 fully saturated rings. The standard InChI is InChI=1S/C19H23N3O4/c1-4-25-18(23)11-22(12-19(24)26-5-2)17-8-15(7-6-14(17)3)16-9-20-13-21-10-16/h6-10,13H,4-5,11-12H2,1-3H3. The molecule has 26 heavy (non-hydrogen) atoms. The molecule has 0 unspecified atom stereocenters. The summed E-state index contributed by atoms with van der Waals surface area (Å²) in [4.78, 5) is 33.7. The summed E-state index contributed by atoms with van der Waals surface area (Å²) in [7, 11) is 0. The molecule has 1 aromatic carbocycles. The molecule has 0 bridgehead atoms. The second-order valence-corrected chi connectivity index (χ2v) is 5.59. The number of carbonyl (C=O) groups excluding carboxylic acids is 2. The summed E-state index contributed by atoms with van der Waals surface area (Å²) in [6, 6.07) is 5.79. The molecule has 0 N–H and O–H groups in total. The van der Waals surface area contributed by atoms with Gasteiger partial charge in [-0.15, -0.1) is 0 Å². The van der Waals surface area contributed by atoms with Gasteiger partial charge in [0.25, 0.3) is 0 Å². The quantitative estimate of drug-likeness (QED) is 0.671. The molecule has 0 saturated heterocycles. The molecule has 1 aromatic heterocycles. The molecule has 138 valence electrons. The summed E-state index contributed by atoms with van der Waals surface area (Å²) in [5.41, 5.74) is 3.43. The van der Waals surface area contributed by atoms with Crippen LogP contribution in [0.4, 0.5) is 5.69 Å². The van der Waals surface area contributed by atoms with E-state index < -0.39 is 11.9 Å². The van der Waals surface area contributed by atoms with Crippen LogP contribution in [0.5, 0.6) is 0 Å². The maximum atomic E-state index is 12.0. The summed E-state index contributed by atoms with van der Waals surface area (Å²) in [6.45, 7) is 5.90. The number of benzene rings is 1. The fourth-order valence-corrected chi connectivity index (χ4v) is 2.53. The number of rotatable bonds is 8. The summed E-state index contributed by atoms with van der Waals surface area (Å²) in [6.07, 6.45) is 4.89. The first-order valence-corrected chi connectivity index (χ1v) is 8.47. The van der Waals surface area contributed by atoms with Gasteiger partial charge < -0.3 is 14.4 Å². The van der Waals surface area contributed by atoms with Crippen molar-refractivity contribution in [3.05, 3.63) is 42.5 Å². The van der Waals surface area contributed by atoms with E-state index in [1.807, 2.05) is 25.1 Å². The fourth-order valence-electron chi connectivity index (χ4n) is 2.53. The SMILES string of the molecule is CCOC(=O)CN(CC(=O)OCC)c1cc(-c2cncnc2)ccc1C. The first-order chi connectivity index (χ1) is 12.5. The molecule has 0 spiro atoms. The van der Waals surface area contributed by atoms with Gasteiger partial charge >= 0.3 is 11.9 Å². The second-order valence-electron chi connectivity index (χ2n) is 5.59. The number of ether oxygens (including phenoxy) is 2. The van der Waals surface area contributed by atoms with Gasteiger partial charge in [-0.25, -0.2) is 9.97 Å². The third-order valence-corrected chi connectivity index (χ3v) is 3.69. The van der Waals surface area contributed by atoms with Gasteiger partial charge in [-0.05, 0) is 38.0 Å². The Balaban J connectivity index is 2.35. The van der Waals surface area contributed by atoms with Crippen LogP contribution in [0.2, 0.25) is 0 Å². The number of carbonyl (C=O) groups is 2. The lowest BCUT2D eigenvalue weighted by molar-refractivity contribution is -0.142. The van der Waals surface area contributed by atoms with Gasteiger partial charge in [0.2, 0.25) is 0 Å². The number of anilines is 1. The number of nitrogens with zero attached hydrogens (tertiary/aromatic N) is 3. The van der Waals surface area contributed by atoms with Gasteiger partial charge in [0.05, 0.1) is 13.2 Å². The maximum absolute atomic E-state index is 12.0. The van der Waals surface area contributed by atoms with E-state index in [9.17, 15) is 9.59 Å². The Labute approximate surface area is 153 Å². The normalized spacial score (nSPS) is 10.3. The van der Waals surface area contributed by atoms with Gasteiger partial charge in [0.1, 0.15) is 19.4 Å². The van der Waals surface area contributed by atoms with Crippen molar-refractivity contribution in [2.45, 2.75) is 20.8 Å². The van der Waals surface area contributed by atoms with Crippen molar-refractivity contribution in [1.29, 1.82) is 0 Å². The second kappa shape index (κ2) is 9.50. The average molecular weight is 357 g/mol. The van der Waals surface area contributed by atoms with Crippen LogP contribution in [0.1, 0.15) is 19.4 Å². The van der Waals surface area contributed by atoms with Crippen molar-refractivity contribution >= 4 is 17.6 Å². The van der Waals surface area contributed by atoms with E-state index in [1.165, 1.54) is 6.33 Å². The zero-order valence-electron chi connectivity index (χ0n) is 15.3. The summed E-state index contributed by atoms with van der Waals surface area (Å²) < 4.78 is 10.1. The molecule has 0 aliphatic carbocycles. The molecule has 0 atom stereocenters. The van der Waals surface area contributed by atoms with Crippen LogP contribution >= 0.6 is 0 Å². The van der Waals surface area contributed by atoms with Crippen molar-refractivity contribution in [1.82, 2.24) is 9.97 Å². The van der Waals surface area contributed by atoms with E-state index in [4.69, 9.17) is 9.47 Å². The zero-order valence-corrected chi connectivity index (χ0v) is 15.3. The van der Waals surface area contributed by atoms with Crippen LogP contribution in [0.3, 0.4) is 0 Å².